The van der Waals surface area contributed by atoms with E-state index in [-0.39, 0.29) is 28.6 Å². The number of ether oxygens (including phenoxy) is 1. The zero-order valence-electron chi connectivity index (χ0n) is 35.8. The number of anilines is 5. The summed E-state index contributed by atoms with van der Waals surface area (Å²) < 4.78 is 47.2. The molecule has 354 valence electrons. The van der Waals surface area contributed by atoms with E-state index in [1.165, 1.54) is 37.5 Å². The Morgan fingerprint density at radius 2 is 0.838 bits per heavy atom. The van der Waals surface area contributed by atoms with Gasteiger partial charge in [-0.25, -0.2) is 27.6 Å². The molecule has 19 heteroatoms. The number of carbonyl (C=O) groups is 3. The van der Waals surface area contributed by atoms with Crippen molar-refractivity contribution in [3.63, 3.8) is 0 Å². The van der Waals surface area contributed by atoms with Crippen molar-refractivity contribution in [1.29, 1.82) is 0 Å². The fourth-order valence-corrected chi connectivity index (χ4v) is 10.3. The number of hydrogen-bond acceptors (Lipinski definition) is 7. The molecule has 0 saturated heterocycles. The highest BCUT2D eigenvalue weighted by Crippen LogP contribution is 2.55. The number of hydrogen-bond donors (Lipinski definition) is 9. The summed E-state index contributed by atoms with van der Waals surface area (Å²) in [6.07, 6.45) is 7.06. The summed E-state index contributed by atoms with van der Waals surface area (Å²) in [5.41, 5.74) is 1.02. The topological polar surface area (TPSA) is 193 Å². The van der Waals surface area contributed by atoms with Crippen LogP contribution in [-0.4, -0.2) is 39.0 Å². The maximum atomic E-state index is 13.6. The minimum Gasteiger partial charge on any atom is -0.503 e. The number of benzene rings is 6. The fourth-order valence-electron chi connectivity index (χ4n) is 8.96. The van der Waals surface area contributed by atoms with Gasteiger partial charge in [0.15, 0.2) is 34.7 Å². The highest BCUT2D eigenvalue weighted by molar-refractivity contribution is 9.11. The molecule has 13 nitrogen and oxygen atoms in total. The quantitative estimate of drug-likeness (QED) is 0.0677. The van der Waals surface area contributed by atoms with Crippen LogP contribution in [0.4, 0.5) is 56.0 Å². The van der Waals surface area contributed by atoms with Crippen molar-refractivity contribution in [2.45, 2.75) is 44.1 Å². The number of aromatic hydroxyl groups is 3. The molecule has 0 unspecified atom stereocenters. The van der Waals surface area contributed by atoms with E-state index in [0.29, 0.717) is 36.3 Å². The highest BCUT2D eigenvalue weighted by atomic mass is 79.9. The van der Waals surface area contributed by atoms with Crippen LogP contribution in [0.2, 0.25) is 0 Å². The molecule has 0 radical (unpaired) electrons. The van der Waals surface area contributed by atoms with Gasteiger partial charge in [-0.2, -0.15) is 0 Å². The van der Waals surface area contributed by atoms with Gasteiger partial charge in [0.05, 0.1) is 17.1 Å². The highest BCUT2D eigenvalue weighted by Gasteiger charge is 2.51. The monoisotopic (exact) mass is 1120 g/mol. The van der Waals surface area contributed by atoms with E-state index in [0.717, 1.165) is 55.2 Å². The summed E-state index contributed by atoms with van der Waals surface area (Å²) in [6, 6.07) is 31.0. The molecule has 0 aromatic heterocycles. The summed E-state index contributed by atoms with van der Waals surface area (Å²) in [7, 11) is 0. The van der Waals surface area contributed by atoms with Crippen molar-refractivity contribution >= 4 is 94.3 Å². The van der Waals surface area contributed by atoms with Crippen LogP contribution in [0.1, 0.15) is 38.5 Å². The number of urea groups is 3. The first kappa shape index (κ1) is 49.5. The zero-order chi connectivity index (χ0) is 48.5. The molecular weight excluding hydrogens is 1080 g/mol. The van der Waals surface area contributed by atoms with Gasteiger partial charge in [0.2, 0.25) is 0 Å². The van der Waals surface area contributed by atoms with Gasteiger partial charge >= 0.3 is 18.1 Å². The average Bonchev–Trinajstić information content (AvgIpc) is 3.27. The second-order valence-electron chi connectivity index (χ2n) is 16.6. The molecule has 4 fully saturated rings. The molecule has 4 aliphatic rings. The molecule has 6 aromatic carbocycles. The van der Waals surface area contributed by atoms with Gasteiger partial charge in [0.25, 0.3) is 0 Å². The van der Waals surface area contributed by atoms with Crippen LogP contribution in [0.15, 0.2) is 135 Å². The molecule has 9 N–H and O–H groups in total. The van der Waals surface area contributed by atoms with Crippen LogP contribution >= 0.6 is 47.8 Å². The molecule has 6 aromatic rings. The minimum absolute atomic E-state index is 0.0136. The van der Waals surface area contributed by atoms with Gasteiger partial charge in [-0.3, -0.25) is 0 Å². The Bertz CT molecular complexity index is 2740. The first-order chi connectivity index (χ1) is 32.5. The lowest BCUT2D eigenvalue weighted by atomic mass is 9.53. The summed E-state index contributed by atoms with van der Waals surface area (Å²) in [4.78, 5) is 36.1. The van der Waals surface area contributed by atoms with Crippen LogP contribution in [-0.2, 0) is 0 Å². The van der Waals surface area contributed by atoms with Crippen molar-refractivity contribution in [3.8, 4) is 28.7 Å². The van der Waals surface area contributed by atoms with Gasteiger partial charge in [-0.15, -0.1) is 0 Å². The SMILES string of the molecule is O=C(Nc1cc(Br)cc(F)c1O)NC12CC3CC(CC(C3)C1)C2.O=C(Nc1ccc(Oc2ccccc2)cc1)Nc1cc(Br)cc(F)c1O.O=C(Nc1ccccc1)Nc1cc(Br)cc(F)c1O. The lowest BCUT2D eigenvalue weighted by Crippen LogP contribution is -2.60. The van der Waals surface area contributed by atoms with E-state index < -0.39 is 46.8 Å². The fraction of sp³-hybridized carbons (Fsp3) is 0.204. The Morgan fingerprint density at radius 1 is 0.485 bits per heavy atom. The van der Waals surface area contributed by atoms with Gasteiger partial charge in [0.1, 0.15) is 11.5 Å². The van der Waals surface area contributed by atoms with Crippen molar-refractivity contribution in [3.05, 3.63) is 152 Å². The van der Waals surface area contributed by atoms with Crippen LogP contribution in [0.3, 0.4) is 0 Å². The predicted octanol–water partition coefficient (Wildman–Crippen LogP) is 14.1. The van der Waals surface area contributed by atoms with E-state index in [1.54, 1.807) is 48.5 Å². The largest absolute Gasteiger partial charge is 0.503 e. The molecule has 10 rings (SSSR count). The van der Waals surface area contributed by atoms with E-state index in [9.17, 15) is 42.9 Å². The number of phenolic OH excluding ortho intramolecular Hbond substituents is 3. The number of nitrogens with one attached hydrogen (secondary N) is 6. The summed E-state index contributed by atoms with van der Waals surface area (Å²) in [5.74, 6) is -0.650. The Labute approximate surface area is 414 Å². The number of halogens is 6. The first-order valence-electron chi connectivity index (χ1n) is 21.2. The third-order valence-corrected chi connectivity index (χ3v) is 12.7. The minimum atomic E-state index is -0.836. The van der Waals surface area contributed by atoms with Crippen LogP contribution in [0, 0.1) is 35.2 Å². The van der Waals surface area contributed by atoms with Crippen LogP contribution < -0.4 is 36.6 Å². The zero-order valence-corrected chi connectivity index (χ0v) is 40.5. The molecule has 0 aliphatic heterocycles. The van der Waals surface area contributed by atoms with Crippen molar-refractivity contribution in [1.82, 2.24) is 5.32 Å². The molecule has 0 spiro atoms. The molecule has 4 saturated carbocycles. The Morgan fingerprint density at radius 3 is 1.25 bits per heavy atom. The summed E-state index contributed by atoms with van der Waals surface area (Å²) in [5, 5.41) is 44.6. The number of amides is 6. The number of rotatable bonds is 8. The molecule has 68 heavy (non-hydrogen) atoms. The predicted molar refractivity (Wildman–Crippen MR) is 265 cm³/mol. The second kappa shape index (κ2) is 22.1. The van der Waals surface area contributed by atoms with Crippen LogP contribution in [0.5, 0.6) is 28.7 Å². The van der Waals surface area contributed by atoms with E-state index in [2.05, 4.69) is 79.7 Å². The second-order valence-corrected chi connectivity index (χ2v) is 19.3. The standard InChI is InChI=1S/C19H14BrFN2O3.C17H20BrFN2O2.C13H10BrFN2O2/c20-12-10-16(21)18(24)17(11-12)23-19(25)22-13-6-8-15(9-7-13)26-14-4-2-1-3-5-14;18-12-4-13(19)15(22)14(5-12)20-16(23)21-17-6-9-1-10(7-17)3-11(2-9)8-17;14-8-6-10(15)12(18)11(7-8)17-13(19)16-9-4-2-1-3-5-9/h1-11,24H,(H2,22,23,25);4-5,9-11,22H,1-3,6-8H2,(H2,20,21,23);1-7,18H,(H2,16,17,19). The lowest BCUT2D eigenvalue weighted by molar-refractivity contribution is -0.0127. The molecule has 0 atom stereocenters. The smallest absolute Gasteiger partial charge is 0.323 e. The third kappa shape index (κ3) is 13.4. The molecule has 4 aliphatic carbocycles. The van der Waals surface area contributed by atoms with Crippen molar-refractivity contribution < 1.29 is 47.6 Å². The Kier molecular flexibility index (Phi) is 16.1. The number of para-hydroxylation sites is 2. The maximum absolute atomic E-state index is 13.6. The van der Waals surface area contributed by atoms with Gasteiger partial charge in [-0.05, 0) is 141 Å². The number of carbonyl (C=O) groups excluding carboxylic acids is 3. The average molecular weight is 1130 g/mol. The van der Waals surface area contributed by atoms with Crippen LogP contribution in [0.25, 0.3) is 0 Å². The van der Waals surface area contributed by atoms with Gasteiger partial charge < -0.3 is 52.0 Å². The normalized spacial score (nSPS) is 18.4. The Hall–Kier alpha value is -6.44. The van der Waals surface area contributed by atoms with E-state index in [1.807, 2.05) is 36.4 Å². The molecule has 6 amide bonds. The van der Waals surface area contributed by atoms with E-state index >= 15 is 0 Å². The molecular formula is C49H44Br3F3N6O7. The van der Waals surface area contributed by atoms with Gasteiger partial charge in [-0.1, -0.05) is 84.2 Å². The molecule has 4 bridgehead atoms. The van der Waals surface area contributed by atoms with E-state index in [4.69, 9.17) is 4.74 Å². The van der Waals surface area contributed by atoms with Gasteiger partial charge in [0, 0.05) is 30.3 Å². The number of phenols is 3. The third-order valence-electron chi connectivity index (χ3n) is 11.4. The summed E-state index contributed by atoms with van der Waals surface area (Å²) >= 11 is 9.35. The maximum Gasteiger partial charge on any atom is 0.323 e. The summed E-state index contributed by atoms with van der Waals surface area (Å²) in [6.45, 7) is 0. The van der Waals surface area contributed by atoms with Crippen molar-refractivity contribution in [2.24, 2.45) is 17.8 Å². The Balaban J connectivity index is 0.000000153. The lowest BCUT2D eigenvalue weighted by Gasteiger charge is -2.56. The first-order valence-corrected chi connectivity index (χ1v) is 23.5. The molecule has 0 heterocycles. The van der Waals surface area contributed by atoms with Crippen molar-refractivity contribution in [2.75, 3.05) is 26.6 Å².